The Labute approximate surface area is 168 Å². The van der Waals surface area contributed by atoms with Gasteiger partial charge in [0.15, 0.2) is 6.10 Å². The summed E-state index contributed by atoms with van der Waals surface area (Å²) in [7, 11) is 1.87. The number of aryl methyl sites for hydroxylation is 1. The van der Waals surface area contributed by atoms with Crippen molar-refractivity contribution in [1.82, 2.24) is 14.9 Å². The number of amides is 1. The van der Waals surface area contributed by atoms with Crippen LogP contribution in [0.1, 0.15) is 29.9 Å². The average Bonchev–Trinajstić information content (AvgIpc) is 3.13. The molecule has 3 aromatic rings. The summed E-state index contributed by atoms with van der Waals surface area (Å²) in [5.74, 6) is 0.926. The van der Waals surface area contributed by atoms with E-state index in [-0.39, 0.29) is 5.91 Å². The number of carbonyl (C=O) groups is 1. The van der Waals surface area contributed by atoms with Gasteiger partial charge in [0.2, 0.25) is 0 Å². The molecule has 3 rings (SSSR count). The Hall–Kier alpha value is -3.30. The fourth-order valence-corrected chi connectivity index (χ4v) is 2.86. The summed E-state index contributed by atoms with van der Waals surface area (Å²) < 4.78 is 7.56. The van der Waals surface area contributed by atoms with E-state index in [9.17, 15) is 4.79 Å². The van der Waals surface area contributed by atoms with Gasteiger partial charge in [0.05, 0.1) is 11.6 Å². The molecule has 7 heteroatoms. The number of aromatic nitrogens is 2. The molecule has 0 fully saturated rings. The maximum atomic E-state index is 12.8. The van der Waals surface area contributed by atoms with Crippen molar-refractivity contribution >= 4 is 17.5 Å². The molecule has 2 atom stereocenters. The SMILES string of the molecule is C[C@H](Oc1ccc(C#N)cc1)C(=O)N[C@@H](c1ccc(Cl)cc1)c1nccn1C. The molecule has 0 saturated heterocycles. The summed E-state index contributed by atoms with van der Waals surface area (Å²) in [5.41, 5.74) is 1.39. The predicted molar refractivity (Wildman–Crippen MR) is 106 cm³/mol. The molecule has 0 bridgehead atoms. The minimum Gasteiger partial charge on any atom is -0.481 e. The van der Waals surface area contributed by atoms with E-state index in [1.54, 1.807) is 49.5 Å². The smallest absolute Gasteiger partial charge is 0.261 e. The van der Waals surface area contributed by atoms with Gasteiger partial charge in [-0.15, -0.1) is 0 Å². The molecule has 0 spiro atoms. The van der Waals surface area contributed by atoms with Crippen LogP contribution in [-0.2, 0) is 11.8 Å². The van der Waals surface area contributed by atoms with E-state index in [0.29, 0.717) is 22.2 Å². The molecule has 0 unspecified atom stereocenters. The second-order valence-electron chi connectivity index (χ2n) is 6.29. The number of halogens is 1. The summed E-state index contributed by atoms with van der Waals surface area (Å²) in [4.78, 5) is 17.2. The molecule has 142 valence electrons. The second-order valence-corrected chi connectivity index (χ2v) is 6.72. The van der Waals surface area contributed by atoms with E-state index >= 15 is 0 Å². The number of ether oxygens (including phenoxy) is 1. The number of imidazole rings is 1. The second kappa shape index (κ2) is 8.59. The number of nitrogens with one attached hydrogen (secondary N) is 1. The zero-order chi connectivity index (χ0) is 20.1. The van der Waals surface area contributed by atoms with Crippen molar-refractivity contribution < 1.29 is 9.53 Å². The third kappa shape index (κ3) is 4.51. The summed E-state index contributed by atoms with van der Waals surface area (Å²) in [6, 6.07) is 15.5. The molecule has 1 N–H and O–H groups in total. The number of rotatable bonds is 6. The first-order chi connectivity index (χ1) is 13.5. The first-order valence-corrected chi connectivity index (χ1v) is 9.05. The molecule has 0 radical (unpaired) electrons. The largest absolute Gasteiger partial charge is 0.481 e. The van der Waals surface area contributed by atoms with Crippen LogP contribution in [0.5, 0.6) is 5.75 Å². The van der Waals surface area contributed by atoms with Gasteiger partial charge in [-0.3, -0.25) is 4.79 Å². The van der Waals surface area contributed by atoms with Crippen LogP contribution in [0, 0.1) is 11.3 Å². The van der Waals surface area contributed by atoms with Crippen LogP contribution in [0.2, 0.25) is 5.02 Å². The third-order valence-electron chi connectivity index (χ3n) is 4.27. The van der Waals surface area contributed by atoms with Crippen LogP contribution in [0.15, 0.2) is 60.9 Å². The van der Waals surface area contributed by atoms with Gasteiger partial charge in [-0.1, -0.05) is 23.7 Å². The Balaban J connectivity index is 1.77. The van der Waals surface area contributed by atoms with E-state index in [2.05, 4.69) is 10.3 Å². The van der Waals surface area contributed by atoms with Gasteiger partial charge < -0.3 is 14.6 Å². The van der Waals surface area contributed by atoms with Gasteiger partial charge in [-0.25, -0.2) is 4.98 Å². The Morgan fingerprint density at radius 3 is 2.46 bits per heavy atom. The fraction of sp³-hybridized carbons (Fsp3) is 0.190. The maximum absolute atomic E-state index is 12.8. The van der Waals surface area contributed by atoms with Crippen molar-refractivity contribution in [2.24, 2.45) is 7.05 Å². The van der Waals surface area contributed by atoms with E-state index in [1.807, 2.05) is 36.0 Å². The lowest BCUT2D eigenvalue weighted by molar-refractivity contribution is -0.127. The Bertz CT molecular complexity index is 990. The van der Waals surface area contributed by atoms with Crippen molar-refractivity contribution in [1.29, 1.82) is 5.26 Å². The highest BCUT2D eigenvalue weighted by Crippen LogP contribution is 2.23. The number of hydrogen-bond acceptors (Lipinski definition) is 4. The number of benzene rings is 2. The van der Waals surface area contributed by atoms with Gasteiger partial charge in [0, 0.05) is 24.5 Å². The molecule has 1 aromatic heterocycles. The number of hydrogen-bond donors (Lipinski definition) is 1. The Kier molecular flexibility index (Phi) is 5.97. The van der Waals surface area contributed by atoms with E-state index in [4.69, 9.17) is 21.6 Å². The third-order valence-corrected chi connectivity index (χ3v) is 4.52. The monoisotopic (exact) mass is 394 g/mol. The summed E-state index contributed by atoms with van der Waals surface area (Å²) in [6.07, 6.45) is 2.77. The maximum Gasteiger partial charge on any atom is 0.261 e. The van der Waals surface area contributed by atoms with Crippen molar-refractivity contribution in [3.8, 4) is 11.8 Å². The average molecular weight is 395 g/mol. The molecule has 28 heavy (non-hydrogen) atoms. The van der Waals surface area contributed by atoms with Gasteiger partial charge in [-0.2, -0.15) is 5.26 Å². The van der Waals surface area contributed by atoms with Gasteiger partial charge in [-0.05, 0) is 48.9 Å². The summed E-state index contributed by atoms with van der Waals surface area (Å²) in [5, 5.41) is 12.5. The van der Waals surface area contributed by atoms with Crippen molar-refractivity contribution in [2.75, 3.05) is 0 Å². The summed E-state index contributed by atoms with van der Waals surface area (Å²) in [6.45, 7) is 1.67. The first kappa shape index (κ1) is 19.5. The lowest BCUT2D eigenvalue weighted by atomic mass is 10.1. The molecule has 0 aliphatic carbocycles. The first-order valence-electron chi connectivity index (χ1n) is 8.68. The standard InChI is InChI=1S/C21H19ClN4O2/c1-14(28-18-9-3-15(13-23)4-10-18)21(27)25-19(20-24-11-12-26(20)2)16-5-7-17(22)8-6-16/h3-12,14,19H,1-2H3,(H,25,27)/t14-,19-/m0/s1. The fourth-order valence-electron chi connectivity index (χ4n) is 2.73. The quantitative estimate of drug-likeness (QED) is 0.692. The minimum atomic E-state index is -0.733. The van der Waals surface area contributed by atoms with Gasteiger partial charge in [0.25, 0.3) is 5.91 Å². The Morgan fingerprint density at radius 2 is 1.89 bits per heavy atom. The molecule has 0 aliphatic heterocycles. The van der Waals surface area contributed by atoms with Crippen LogP contribution >= 0.6 is 11.6 Å². The number of nitriles is 1. The van der Waals surface area contributed by atoms with Crippen LogP contribution in [0.4, 0.5) is 0 Å². The lowest BCUT2D eigenvalue weighted by Gasteiger charge is -2.22. The molecular formula is C21H19ClN4O2. The lowest BCUT2D eigenvalue weighted by Crippen LogP contribution is -2.39. The molecular weight excluding hydrogens is 376 g/mol. The van der Waals surface area contributed by atoms with Crippen LogP contribution in [-0.4, -0.2) is 21.6 Å². The molecule has 0 aliphatic rings. The van der Waals surface area contributed by atoms with E-state index in [1.165, 1.54) is 0 Å². The normalized spacial score (nSPS) is 12.6. The van der Waals surface area contributed by atoms with Gasteiger partial charge >= 0.3 is 0 Å². The van der Waals surface area contributed by atoms with Crippen LogP contribution < -0.4 is 10.1 Å². The zero-order valence-corrected chi connectivity index (χ0v) is 16.2. The van der Waals surface area contributed by atoms with Crippen LogP contribution in [0.25, 0.3) is 0 Å². The highest BCUT2D eigenvalue weighted by molar-refractivity contribution is 6.30. The highest BCUT2D eigenvalue weighted by Gasteiger charge is 2.24. The molecule has 1 heterocycles. The van der Waals surface area contributed by atoms with Gasteiger partial charge in [0.1, 0.15) is 17.6 Å². The number of nitrogens with zero attached hydrogens (tertiary/aromatic N) is 3. The minimum absolute atomic E-state index is 0.285. The Morgan fingerprint density at radius 1 is 1.21 bits per heavy atom. The molecule has 2 aromatic carbocycles. The molecule has 6 nitrogen and oxygen atoms in total. The van der Waals surface area contributed by atoms with Crippen molar-refractivity contribution in [2.45, 2.75) is 19.1 Å². The van der Waals surface area contributed by atoms with Crippen LogP contribution in [0.3, 0.4) is 0 Å². The topological polar surface area (TPSA) is 79.9 Å². The highest BCUT2D eigenvalue weighted by atomic mass is 35.5. The van der Waals surface area contributed by atoms with Crippen molar-refractivity contribution in [3.63, 3.8) is 0 Å². The predicted octanol–water partition coefficient (Wildman–Crippen LogP) is 3.62. The molecule has 0 saturated carbocycles. The van der Waals surface area contributed by atoms with E-state index in [0.717, 1.165) is 5.56 Å². The number of carbonyl (C=O) groups excluding carboxylic acids is 1. The molecule has 1 amide bonds. The zero-order valence-electron chi connectivity index (χ0n) is 15.5. The summed E-state index contributed by atoms with van der Waals surface area (Å²) >= 11 is 5.99. The van der Waals surface area contributed by atoms with E-state index < -0.39 is 12.1 Å². The van der Waals surface area contributed by atoms with Crippen molar-refractivity contribution in [3.05, 3.63) is 82.9 Å².